The second-order valence-corrected chi connectivity index (χ2v) is 6.23. The van der Waals surface area contributed by atoms with Gasteiger partial charge in [-0.2, -0.15) is 0 Å². The standard InChI is InChI=1S/C15H20ClFN2O3/c1-15(2,10-4-3-5-11(16)13(10)17)19-14(21)12-6-18-9(7-20)8-22-12/h3-5,9,12,18,20H,6-8H2,1-2H3,(H,19,21)/t9-,12-/m0/s1. The number of morpholine rings is 1. The van der Waals surface area contributed by atoms with Gasteiger partial charge >= 0.3 is 0 Å². The van der Waals surface area contributed by atoms with Crippen LogP contribution in [0.25, 0.3) is 0 Å². The molecule has 0 aliphatic carbocycles. The van der Waals surface area contributed by atoms with Crippen molar-refractivity contribution in [1.29, 1.82) is 0 Å². The minimum atomic E-state index is -0.927. The number of halogens is 2. The number of hydrogen-bond donors (Lipinski definition) is 3. The van der Waals surface area contributed by atoms with Gasteiger partial charge < -0.3 is 20.5 Å². The summed E-state index contributed by atoms with van der Waals surface area (Å²) in [6.07, 6.45) is -0.677. The number of carbonyl (C=O) groups excluding carboxylic acids is 1. The van der Waals surface area contributed by atoms with E-state index in [2.05, 4.69) is 10.6 Å². The molecule has 1 aromatic rings. The number of carbonyl (C=O) groups is 1. The van der Waals surface area contributed by atoms with Crippen molar-refractivity contribution in [2.45, 2.75) is 31.5 Å². The lowest BCUT2D eigenvalue weighted by Crippen LogP contribution is -2.56. The van der Waals surface area contributed by atoms with Gasteiger partial charge in [0.2, 0.25) is 0 Å². The van der Waals surface area contributed by atoms with E-state index in [-0.39, 0.29) is 30.2 Å². The molecule has 0 saturated carbocycles. The van der Waals surface area contributed by atoms with Crippen LogP contribution >= 0.6 is 11.6 Å². The fourth-order valence-corrected chi connectivity index (χ4v) is 2.53. The van der Waals surface area contributed by atoms with Gasteiger partial charge in [0.25, 0.3) is 5.91 Å². The monoisotopic (exact) mass is 330 g/mol. The topological polar surface area (TPSA) is 70.6 Å². The van der Waals surface area contributed by atoms with Crippen LogP contribution in [0.5, 0.6) is 0 Å². The molecule has 0 bridgehead atoms. The average Bonchev–Trinajstić information content (AvgIpc) is 2.49. The number of hydrogen-bond acceptors (Lipinski definition) is 4. The molecule has 1 heterocycles. The van der Waals surface area contributed by atoms with E-state index in [1.54, 1.807) is 26.0 Å². The van der Waals surface area contributed by atoms with Gasteiger partial charge in [-0.15, -0.1) is 0 Å². The van der Waals surface area contributed by atoms with Crippen molar-refractivity contribution in [3.63, 3.8) is 0 Å². The first-order valence-corrected chi connectivity index (χ1v) is 7.45. The van der Waals surface area contributed by atoms with Gasteiger partial charge in [-0.3, -0.25) is 4.79 Å². The molecule has 1 saturated heterocycles. The Morgan fingerprint density at radius 1 is 1.59 bits per heavy atom. The summed E-state index contributed by atoms with van der Waals surface area (Å²) in [7, 11) is 0. The van der Waals surface area contributed by atoms with E-state index in [1.165, 1.54) is 6.07 Å². The number of nitrogens with one attached hydrogen (secondary N) is 2. The molecular weight excluding hydrogens is 311 g/mol. The van der Waals surface area contributed by atoms with Gasteiger partial charge in [-0.25, -0.2) is 4.39 Å². The second-order valence-electron chi connectivity index (χ2n) is 5.83. The van der Waals surface area contributed by atoms with Crippen molar-refractivity contribution in [1.82, 2.24) is 10.6 Å². The average molecular weight is 331 g/mol. The Bertz CT molecular complexity index is 546. The molecule has 0 aromatic heterocycles. The summed E-state index contributed by atoms with van der Waals surface area (Å²) in [4.78, 5) is 12.3. The van der Waals surface area contributed by atoms with Crippen LogP contribution in [-0.2, 0) is 15.1 Å². The first-order valence-electron chi connectivity index (χ1n) is 7.07. The van der Waals surface area contributed by atoms with Crippen LogP contribution in [-0.4, -0.2) is 42.9 Å². The molecule has 2 atom stereocenters. The zero-order valence-corrected chi connectivity index (χ0v) is 13.3. The summed E-state index contributed by atoms with van der Waals surface area (Å²) in [6.45, 7) is 3.90. The predicted molar refractivity (Wildman–Crippen MR) is 81.2 cm³/mol. The number of benzene rings is 1. The van der Waals surface area contributed by atoms with Crippen molar-refractivity contribution in [2.75, 3.05) is 19.8 Å². The summed E-state index contributed by atoms with van der Waals surface area (Å²) >= 11 is 5.79. The highest BCUT2D eigenvalue weighted by Crippen LogP contribution is 2.27. The van der Waals surface area contributed by atoms with Gasteiger partial charge in [0.05, 0.1) is 29.8 Å². The highest BCUT2D eigenvalue weighted by Gasteiger charge is 2.32. The van der Waals surface area contributed by atoms with Crippen LogP contribution in [0, 0.1) is 5.82 Å². The summed E-state index contributed by atoms with van der Waals surface area (Å²) in [5.41, 5.74) is -0.617. The Morgan fingerprint density at radius 2 is 2.32 bits per heavy atom. The van der Waals surface area contributed by atoms with E-state index in [0.717, 1.165) is 0 Å². The summed E-state index contributed by atoms with van der Waals surface area (Å²) < 4.78 is 19.6. The molecule has 1 aliphatic heterocycles. The SMILES string of the molecule is CC(C)(NC(=O)[C@@H]1CN[C@@H](CO)CO1)c1cccc(Cl)c1F. The third-order valence-electron chi connectivity index (χ3n) is 3.66. The Balaban J connectivity index is 2.05. The van der Waals surface area contributed by atoms with E-state index in [1.807, 2.05) is 0 Å². The van der Waals surface area contributed by atoms with Crippen molar-refractivity contribution in [3.8, 4) is 0 Å². The first-order chi connectivity index (χ1) is 10.3. The largest absolute Gasteiger partial charge is 0.395 e. The van der Waals surface area contributed by atoms with Crippen molar-refractivity contribution in [2.24, 2.45) is 0 Å². The van der Waals surface area contributed by atoms with Gasteiger partial charge in [0.15, 0.2) is 0 Å². The van der Waals surface area contributed by atoms with Gasteiger partial charge in [-0.1, -0.05) is 23.7 Å². The highest BCUT2D eigenvalue weighted by molar-refractivity contribution is 6.30. The third-order valence-corrected chi connectivity index (χ3v) is 3.96. The molecule has 2 rings (SSSR count). The minimum absolute atomic E-state index is 0.0150. The van der Waals surface area contributed by atoms with Crippen LogP contribution in [0.3, 0.4) is 0 Å². The first kappa shape index (κ1) is 17.1. The lowest BCUT2D eigenvalue weighted by Gasteiger charge is -2.33. The normalized spacial score (nSPS) is 22.4. The Kier molecular flexibility index (Phi) is 5.39. The molecule has 1 aromatic carbocycles. The van der Waals surface area contributed by atoms with Gasteiger partial charge in [0.1, 0.15) is 11.9 Å². The molecule has 1 fully saturated rings. The molecule has 0 spiro atoms. The molecule has 0 radical (unpaired) electrons. The van der Waals surface area contributed by atoms with E-state index in [0.29, 0.717) is 12.1 Å². The molecule has 1 amide bonds. The van der Waals surface area contributed by atoms with Crippen LogP contribution in [0.1, 0.15) is 19.4 Å². The van der Waals surface area contributed by atoms with E-state index in [4.69, 9.17) is 21.4 Å². The number of rotatable bonds is 4. The number of aliphatic hydroxyl groups is 1. The molecule has 3 N–H and O–H groups in total. The minimum Gasteiger partial charge on any atom is -0.395 e. The highest BCUT2D eigenvalue weighted by atomic mass is 35.5. The van der Waals surface area contributed by atoms with Crippen LogP contribution in [0.15, 0.2) is 18.2 Å². The van der Waals surface area contributed by atoms with Crippen LogP contribution < -0.4 is 10.6 Å². The Morgan fingerprint density at radius 3 is 2.91 bits per heavy atom. The lowest BCUT2D eigenvalue weighted by molar-refractivity contribution is -0.137. The third kappa shape index (κ3) is 3.76. The maximum absolute atomic E-state index is 14.1. The van der Waals surface area contributed by atoms with E-state index < -0.39 is 17.5 Å². The maximum Gasteiger partial charge on any atom is 0.251 e. The molecule has 7 heteroatoms. The molecule has 0 unspecified atom stereocenters. The van der Waals surface area contributed by atoms with E-state index >= 15 is 0 Å². The van der Waals surface area contributed by atoms with Crippen molar-refractivity contribution < 1.29 is 19.0 Å². The number of ether oxygens (including phenoxy) is 1. The fraction of sp³-hybridized carbons (Fsp3) is 0.533. The molecule has 1 aliphatic rings. The zero-order chi connectivity index (χ0) is 16.3. The molecule has 5 nitrogen and oxygen atoms in total. The second kappa shape index (κ2) is 6.91. The number of aliphatic hydroxyl groups excluding tert-OH is 1. The van der Waals surface area contributed by atoms with Crippen molar-refractivity contribution >= 4 is 17.5 Å². The summed E-state index contributed by atoms with van der Waals surface area (Å²) in [5.74, 6) is -0.884. The zero-order valence-electron chi connectivity index (χ0n) is 12.5. The molecule has 122 valence electrons. The van der Waals surface area contributed by atoms with Gasteiger partial charge in [0, 0.05) is 12.1 Å². The van der Waals surface area contributed by atoms with Crippen LogP contribution in [0.4, 0.5) is 4.39 Å². The van der Waals surface area contributed by atoms with Crippen LogP contribution in [0.2, 0.25) is 5.02 Å². The van der Waals surface area contributed by atoms with E-state index in [9.17, 15) is 9.18 Å². The Labute approximate surface area is 133 Å². The summed E-state index contributed by atoms with van der Waals surface area (Å²) in [5, 5.41) is 14.8. The summed E-state index contributed by atoms with van der Waals surface area (Å²) in [6, 6.07) is 4.52. The Hall–Kier alpha value is -1.21. The molecule has 22 heavy (non-hydrogen) atoms. The predicted octanol–water partition coefficient (Wildman–Crippen LogP) is 1.18. The smallest absolute Gasteiger partial charge is 0.251 e. The maximum atomic E-state index is 14.1. The van der Waals surface area contributed by atoms with Crippen molar-refractivity contribution in [3.05, 3.63) is 34.6 Å². The number of amides is 1. The van der Waals surface area contributed by atoms with Gasteiger partial charge in [-0.05, 0) is 19.9 Å². The molecular formula is C15H20ClFN2O3. The quantitative estimate of drug-likeness (QED) is 0.775. The lowest BCUT2D eigenvalue weighted by atomic mass is 9.93. The fourth-order valence-electron chi connectivity index (χ4n) is 2.35.